The molecule has 1 aliphatic rings. The molecule has 7 heteroatoms. The van der Waals surface area contributed by atoms with E-state index in [9.17, 15) is 24.8 Å². The van der Waals surface area contributed by atoms with Gasteiger partial charge >= 0.3 is 5.97 Å². The van der Waals surface area contributed by atoms with Gasteiger partial charge in [0.1, 0.15) is 12.0 Å². The Balaban J connectivity index is 2.55. The van der Waals surface area contributed by atoms with Gasteiger partial charge in [0.05, 0.1) is 17.1 Å². The summed E-state index contributed by atoms with van der Waals surface area (Å²) in [6.07, 6.45) is 1.69. The lowest BCUT2D eigenvalue weighted by atomic mass is 9.68. The average Bonchev–Trinajstić information content (AvgIpc) is 2.60. The first-order valence-corrected chi connectivity index (χ1v) is 8.23. The topological polar surface area (TPSA) is 107 Å². The summed E-state index contributed by atoms with van der Waals surface area (Å²) in [5, 5.41) is 21.3. The Morgan fingerprint density at radius 1 is 1.36 bits per heavy atom. The lowest BCUT2D eigenvalue weighted by Gasteiger charge is -2.35. The Morgan fingerprint density at radius 3 is 2.48 bits per heavy atom. The summed E-state index contributed by atoms with van der Waals surface area (Å²) in [5.74, 6) is -2.05. The van der Waals surface area contributed by atoms with Gasteiger partial charge in [0.25, 0.3) is 5.69 Å². The van der Waals surface area contributed by atoms with Gasteiger partial charge in [-0.3, -0.25) is 10.1 Å². The van der Waals surface area contributed by atoms with Crippen LogP contribution in [0.4, 0.5) is 5.69 Å². The molecular weight excluding hydrogens is 326 g/mol. The van der Waals surface area contributed by atoms with Gasteiger partial charge in [-0.1, -0.05) is 25.5 Å². The molecule has 0 bridgehead atoms. The molecule has 1 aliphatic carbocycles. The molecule has 0 spiro atoms. The number of nitro groups is 1. The SMILES string of the molecule is CCOC(=O)C1=C(O)C[C@H](CC)[C@H](C=O)[C@H]1c1ccc([N+](=O)[O-])cc1. The second-order valence-corrected chi connectivity index (χ2v) is 5.99. The average molecular weight is 347 g/mol. The number of non-ortho nitro benzene ring substituents is 1. The van der Waals surface area contributed by atoms with Crippen LogP contribution in [0.5, 0.6) is 0 Å². The van der Waals surface area contributed by atoms with E-state index in [2.05, 4.69) is 0 Å². The number of rotatable bonds is 6. The summed E-state index contributed by atoms with van der Waals surface area (Å²) < 4.78 is 5.05. The lowest BCUT2D eigenvalue weighted by Crippen LogP contribution is -2.33. The molecule has 0 aliphatic heterocycles. The summed E-state index contributed by atoms with van der Waals surface area (Å²) in [7, 11) is 0. The van der Waals surface area contributed by atoms with Crippen molar-refractivity contribution in [3.63, 3.8) is 0 Å². The minimum absolute atomic E-state index is 0.0671. The fourth-order valence-corrected chi connectivity index (χ4v) is 3.39. The molecule has 134 valence electrons. The van der Waals surface area contributed by atoms with Crippen molar-refractivity contribution in [2.45, 2.75) is 32.6 Å². The monoisotopic (exact) mass is 347 g/mol. The standard InChI is InChI=1S/C18H21NO6/c1-3-11-9-15(21)17(18(22)25-4-2)16(14(11)10-20)12-5-7-13(8-6-12)19(23)24/h5-8,10-11,14,16,21H,3-4,9H2,1-2H3/t11-,14-,16+/m0/s1. The number of esters is 1. The Bertz CT molecular complexity index is 694. The summed E-state index contributed by atoms with van der Waals surface area (Å²) in [5.41, 5.74) is 0.549. The largest absolute Gasteiger partial charge is 0.512 e. The second kappa shape index (κ2) is 7.92. The van der Waals surface area contributed by atoms with Gasteiger partial charge in [-0.25, -0.2) is 4.79 Å². The lowest BCUT2D eigenvalue weighted by molar-refractivity contribution is -0.384. The third kappa shape index (κ3) is 3.70. The molecule has 1 aromatic carbocycles. The number of nitro benzene ring substituents is 1. The van der Waals surface area contributed by atoms with Crippen LogP contribution in [0, 0.1) is 22.0 Å². The van der Waals surface area contributed by atoms with E-state index >= 15 is 0 Å². The molecule has 2 rings (SSSR count). The molecule has 0 saturated carbocycles. The zero-order valence-electron chi connectivity index (χ0n) is 14.2. The van der Waals surface area contributed by atoms with E-state index in [4.69, 9.17) is 4.74 Å². The van der Waals surface area contributed by atoms with Crippen LogP contribution in [-0.4, -0.2) is 28.9 Å². The van der Waals surface area contributed by atoms with Crippen LogP contribution >= 0.6 is 0 Å². The minimum atomic E-state index is -0.684. The van der Waals surface area contributed by atoms with Crippen molar-refractivity contribution in [1.82, 2.24) is 0 Å². The maximum Gasteiger partial charge on any atom is 0.338 e. The van der Waals surface area contributed by atoms with Crippen LogP contribution in [0.1, 0.15) is 38.2 Å². The molecule has 0 unspecified atom stereocenters. The maximum absolute atomic E-state index is 12.4. The predicted octanol–water partition coefficient (Wildman–Crippen LogP) is 3.30. The third-order valence-electron chi connectivity index (χ3n) is 4.65. The summed E-state index contributed by atoms with van der Waals surface area (Å²) in [4.78, 5) is 34.4. The molecular formula is C18H21NO6. The Kier molecular flexibility index (Phi) is 5.90. The molecule has 0 saturated heterocycles. The van der Waals surface area contributed by atoms with E-state index in [0.717, 1.165) is 6.29 Å². The van der Waals surface area contributed by atoms with Crippen LogP contribution in [0.3, 0.4) is 0 Å². The third-order valence-corrected chi connectivity index (χ3v) is 4.65. The maximum atomic E-state index is 12.4. The molecule has 3 atom stereocenters. The Labute approximate surface area is 145 Å². The van der Waals surface area contributed by atoms with Crippen molar-refractivity contribution < 1.29 is 24.4 Å². The first kappa shape index (κ1) is 18.6. The van der Waals surface area contributed by atoms with E-state index in [1.807, 2.05) is 6.92 Å². The first-order valence-electron chi connectivity index (χ1n) is 8.23. The number of carbonyl (C=O) groups is 2. The number of carbonyl (C=O) groups excluding carboxylic acids is 2. The van der Waals surface area contributed by atoms with Crippen molar-refractivity contribution in [3.8, 4) is 0 Å². The number of hydrogen-bond acceptors (Lipinski definition) is 6. The van der Waals surface area contributed by atoms with Crippen molar-refractivity contribution in [1.29, 1.82) is 0 Å². The molecule has 1 N–H and O–H groups in total. The van der Waals surface area contributed by atoms with Gasteiger partial charge in [-0.15, -0.1) is 0 Å². The highest BCUT2D eigenvalue weighted by Gasteiger charge is 2.42. The number of ether oxygens (including phenoxy) is 1. The van der Waals surface area contributed by atoms with E-state index in [-0.39, 0.29) is 36.0 Å². The molecule has 0 fully saturated rings. The minimum Gasteiger partial charge on any atom is -0.512 e. The van der Waals surface area contributed by atoms with Gasteiger partial charge in [-0.05, 0) is 18.4 Å². The first-order chi connectivity index (χ1) is 11.9. The van der Waals surface area contributed by atoms with Crippen molar-refractivity contribution >= 4 is 17.9 Å². The molecule has 7 nitrogen and oxygen atoms in total. The number of hydrogen-bond donors (Lipinski definition) is 1. The van der Waals surface area contributed by atoms with Crippen LogP contribution in [-0.2, 0) is 14.3 Å². The van der Waals surface area contributed by atoms with Crippen LogP contribution < -0.4 is 0 Å². The highest BCUT2D eigenvalue weighted by Crippen LogP contribution is 2.45. The van der Waals surface area contributed by atoms with Gasteiger partial charge in [0.15, 0.2) is 0 Å². The summed E-state index contributed by atoms with van der Waals surface area (Å²) in [6, 6.07) is 5.69. The van der Waals surface area contributed by atoms with Gasteiger partial charge < -0.3 is 14.6 Å². The number of aldehydes is 1. The molecule has 0 aromatic heterocycles. The second-order valence-electron chi connectivity index (χ2n) is 5.99. The molecule has 0 radical (unpaired) electrons. The number of allylic oxidation sites excluding steroid dienone is 1. The number of aliphatic hydroxyl groups is 1. The van der Waals surface area contributed by atoms with Gasteiger partial charge in [0, 0.05) is 30.4 Å². The number of benzene rings is 1. The summed E-state index contributed by atoms with van der Waals surface area (Å²) in [6.45, 7) is 3.72. The molecule has 0 amide bonds. The molecule has 0 heterocycles. The van der Waals surface area contributed by atoms with E-state index in [1.54, 1.807) is 6.92 Å². The van der Waals surface area contributed by atoms with Crippen molar-refractivity contribution in [2.75, 3.05) is 6.61 Å². The quantitative estimate of drug-likeness (QED) is 0.366. The Hall–Kier alpha value is -2.70. The van der Waals surface area contributed by atoms with Gasteiger partial charge in [0.2, 0.25) is 0 Å². The van der Waals surface area contributed by atoms with Crippen LogP contribution in [0.15, 0.2) is 35.6 Å². The van der Waals surface area contributed by atoms with Gasteiger partial charge in [-0.2, -0.15) is 0 Å². The van der Waals surface area contributed by atoms with Crippen LogP contribution in [0.2, 0.25) is 0 Å². The normalized spacial score (nSPS) is 23.2. The van der Waals surface area contributed by atoms with Crippen molar-refractivity contribution in [3.05, 3.63) is 51.3 Å². The Morgan fingerprint density at radius 2 is 2.00 bits per heavy atom. The van der Waals surface area contributed by atoms with E-state index in [0.29, 0.717) is 12.0 Å². The fourth-order valence-electron chi connectivity index (χ4n) is 3.39. The summed E-state index contributed by atoms with van der Waals surface area (Å²) >= 11 is 0. The van der Waals surface area contributed by atoms with Crippen LogP contribution in [0.25, 0.3) is 0 Å². The number of nitrogens with zero attached hydrogens (tertiary/aromatic N) is 1. The molecule has 25 heavy (non-hydrogen) atoms. The zero-order valence-corrected chi connectivity index (χ0v) is 14.2. The highest BCUT2D eigenvalue weighted by molar-refractivity contribution is 5.92. The van der Waals surface area contributed by atoms with E-state index in [1.165, 1.54) is 24.3 Å². The smallest absolute Gasteiger partial charge is 0.338 e. The molecule has 1 aromatic rings. The number of aliphatic hydroxyl groups excluding tert-OH is 1. The van der Waals surface area contributed by atoms with E-state index < -0.39 is 22.7 Å². The predicted molar refractivity (Wildman–Crippen MR) is 90.1 cm³/mol. The highest BCUT2D eigenvalue weighted by atomic mass is 16.6. The fraction of sp³-hybridized carbons (Fsp3) is 0.444. The zero-order chi connectivity index (χ0) is 18.6. The van der Waals surface area contributed by atoms with Crippen molar-refractivity contribution in [2.24, 2.45) is 11.8 Å².